The van der Waals surface area contributed by atoms with E-state index in [0.29, 0.717) is 26.4 Å². The predicted octanol–water partition coefficient (Wildman–Crippen LogP) is 3.16. The molecule has 0 spiro atoms. The fourth-order valence-electron chi connectivity index (χ4n) is 2.23. The Morgan fingerprint density at radius 2 is 1.45 bits per heavy atom. The third kappa shape index (κ3) is 12.4. The zero-order valence-corrected chi connectivity index (χ0v) is 14.2. The number of rotatable bonds is 15. The van der Waals surface area contributed by atoms with Gasteiger partial charge >= 0.3 is 0 Å². The molecule has 1 atom stereocenters. The average Bonchev–Trinajstić information content (AvgIpc) is 2.56. The third-order valence-electron chi connectivity index (χ3n) is 3.47. The molecule has 0 aromatic heterocycles. The first kappa shape index (κ1) is 19.8. The van der Waals surface area contributed by atoms with Gasteiger partial charge in [0.15, 0.2) is 6.29 Å². The summed E-state index contributed by atoms with van der Waals surface area (Å²) in [6.07, 6.45) is 7.84. The molecule has 1 heterocycles. The van der Waals surface area contributed by atoms with Crippen molar-refractivity contribution >= 4 is 0 Å². The Kier molecular flexibility index (Phi) is 14.2. The Bertz CT molecular complexity index is 219. The normalized spacial score (nSPS) is 18.7. The van der Waals surface area contributed by atoms with Gasteiger partial charge in [-0.15, -0.1) is 0 Å². The van der Waals surface area contributed by atoms with Gasteiger partial charge in [0.05, 0.1) is 26.4 Å². The van der Waals surface area contributed by atoms with Crippen LogP contribution >= 0.6 is 0 Å². The van der Waals surface area contributed by atoms with E-state index in [1.165, 1.54) is 12.8 Å². The Labute approximate surface area is 135 Å². The van der Waals surface area contributed by atoms with Crippen LogP contribution in [-0.2, 0) is 23.7 Å². The molecule has 0 aromatic carbocycles. The van der Waals surface area contributed by atoms with E-state index in [-0.39, 0.29) is 6.29 Å². The van der Waals surface area contributed by atoms with Crippen LogP contribution < -0.4 is 0 Å². The molecule has 5 heteroatoms. The van der Waals surface area contributed by atoms with Gasteiger partial charge in [-0.2, -0.15) is 0 Å². The molecule has 1 unspecified atom stereocenters. The lowest BCUT2D eigenvalue weighted by molar-refractivity contribution is -0.162. The highest BCUT2D eigenvalue weighted by atomic mass is 16.7. The SMILES string of the molecule is CCCOCCOCCOCCCCCOC1CCCCO1. The van der Waals surface area contributed by atoms with E-state index in [4.69, 9.17) is 23.7 Å². The Balaban J connectivity index is 1.68. The topological polar surface area (TPSA) is 46.2 Å². The van der Waals surface area contributed by atoms with Crippen molar-refractivity contribution in [2.45, 2.75) is 58.2 Å². The molecule has 0 aromatic rings. The lowest BCUT2D eigenvalue weighted by Crippen LogP contribution is -2.22. The molecule has 0 radical (unpaired) electrons. The molecule has 1 rings (SSSR count). The van der Waals surface area contributed by atoms with Crippen molar-refractivity contribution in [1.82, 2.24) is 0 Å². The maximum atomic E-state index is 5.69. The van der Waals surface area contributed by atoms with Crippen molar-refractivity contribution in [3.05, 3.63) is 0 Å². The van der Waals surface area contributed by atoms with Gasteiger partial charge < -0.3 is 23.7 Å². The minimum atomic E-state index is 0.0449. The van der Waals surface area contributed by atoms with E-state index in [0.717, 1.165) is 58.5 Å². The summed E-state index contributed by atoms with van der Waals surface area (Å²) in [5, 5.41) is 0. The second kappa shape index (κ2) is 15.7. The maximum Gasteiger partial charge on any atom is 0.157 e. The van der Waals surface area contributed by atoms with E-state index >= 15 is 0 Å². The number of hydrogen-bond acceptors (Lipinski definition) is 5. The Hall–Kier alpha value is -0.200. The summed E-state index contributed by atoms with van der Waals surface area (Å²) in [7, 11) is 0. The molecule has 1 aliphatic rings. The van der Waals surface area contributed by atoms with Crippen LogP contribution in [0.15, 0.2) is 0 Å². The molecule has 0 saturated carbocycles. The Morgan fingerprint density at radius 3 is 2.14 bits per heavy atom. The molecular formula is C17H34O5. The molecule has 1 saturated heterocycles. The minimum absolute atomic E-state index is 0.0449. The van der Waals surface area contributed by atoms with Crippen LogP contribution in [0, 0.1) is 0 Å². The first-order chi connectivity index (χ1) is 10.9. The Morgan fingerprint density at radius 1 is 0.773 bits per heavy atom. The fraction of sp³-hybridized carbons (Fsp3) is 1.00. The average molecular weight is 318 g/mol. The summed E-state index contributed by atoms with van der Waals surface area (Å²) >= 11 is 0. The van der Waals surface area contributed by atoms with Gasteiger partial charge in [0.2, 0.25) is 0 Å². The van der Waals surface area contributed by atoms with Crippen molar-refractivity contribution in [2.24, 2.45) is 0 Å². The summed E-state index contributed by atoms with van der Waals surface area (Å²) in [6, 6.07) is 0. The minimum Gasteiger partial charge on any atom is -0.379 e. The molecule has 22 heavy (non-hydrogen) atoms. The number of ether oxygens (including phenoxy) is 5. The first-order valence-corrected chi connectivity index (χ1v) is 8.90. The fourth-order valence-corrected chi connectivity index (χ4v) is 2.23. The predicted molar refractivity (Wildman–Crippen MR) is 86.1 cm³/mol. The van der Waals surface area contributed by atoms with Crippen LogP contribution in [0.5, 0.6) is 0 Å². The summed E-state index contributed by atoms with van der Waals surface area (Å²) in [5.41, 5.74) is 0. The van der Waals surface area contributed by atoms with Crippen LogP contribution in [0.25, 0.3) is 0 Å². The molecule has 0 N–H and O–H groups in total. The second-order valence-corrected chi connectivity index (χ2v) is 5.56. The summed E-state index contributed by atoms with van der Waals surface area (Å²) in [5.74, 6) is 0. The van der Waals surface area contributed by atoms with Crippen molar-refractivity contribution in [1.29, 1.82) is 0 Å². The van der Waals surface area contributed by atoms with E-state index in [2.05, 4.69) is 6.92 Å². The maximum absolute atomic E-state index is 5.69. The summed E-state index contributed by atoms with van der Waals surface area (Å²) in [6.45, 7) is 8.02. The number of unbranched alkanes of at least 4 members (excludes halogenated alkanes) is 2. The van der Waals surface area contributed by atoms with E-state index < -0.39 is 0 Å². The first-order valence-electron chi connectivity index (χ1n) is 8.90. The van der Waals surface area contributed by atoms with Crippen molar-refractivity contribution in [2.75, 3.05) is 52.9 Å². The van der Waals surface area contributed by atoms with Crippen LogP contribution in [0.2, 0.25) is 0 Å². The van der Waals surface area contributed by atoms with Gasteiger partial charge in [-0.25, -0.2) is 0 Å². The van der Waals surface area contributed by atoms with E-state index in [1.807, 2.05) is 0 Å². The van der Waals surface area contributed by atoms with Crippen LogP contribution in [-0.4, -0.2) is 59.1 Å². The van der Waals surface area contributed by atoms with E-state index in [1.54, 1.807) is 0 Å². The lowest BCUT2D eigenvalue weighted by Gasteiger charge is -2.22. The molecule has 1 aliphatic heterocycles. The smallest absolute Gasteiger partial charge is 0.157 e. The molecule has 1 fully saturated rings. The van der Waals surface area contributed by atoms with Gasteiger partial charge in [0.1, 0.15) is 0 Å². The van der Waals surface area contributed by atoms with Gasteiger partial charge in [0, 0.05) is 26.4 Å². The van der Waals surface area contributed by atoms with Gasteiger partial charge in [-0.1, -0.05) is 6.92 Å². The molecular weight excluding hydrogens is 284 g/mol. The molecule has 0 aliphatic carbocycles. The van der Waals surface area contributed by atoms with Crippen molar-refractivity contribution in [3.63, 3.8) is 0 Å². The van der Waals surface area contributed by atoms with E-state index in [9.17, 15) is 0 Å². The zero-order valence-electron chi connectivity index (χ0n) is 14.2. The zero-order chi connectivity index (χ0) is 15.7. The molecule has 5 nitrogen and oxygen atoms in total. The quantitative estimate of drug-likeness (QED) is 0.434. The van der Waals surface area contributed by atoms with Crippen LogP contribution in [0.1, 0.15) is 51.9 Å². The summed E-state index contributed by atoms with van der Waals surface area (Å²) < 4.78 is 27.5. The largest absolute Gasteiger partial charge is 0.379 e. The summed E-state index contributed by atoms with van der Waals surface area (Å²) in [4.78, 5) is 0. The highest BCUT2D eigenvalue weighted by Crippen LogP contribution is 2.14. The number of hydrogen-bond donors (Lipinski definition) is 0. The molecule has 132 valence electrons. The van der Waals surface area contributed by atoms with Crippen LogP contribution in [0.3, 0.4) is 0 Å². The monoisotopic (exact) mass is 318 g/mol. The van der Waals surface area contributed by atoms with Crippen LogP contribution in [0.4, 0.5) is 0 Å². The standard InChI is InChI=1S/C17H34O5/c1-2-9-18-13-15-20-16-14-19-10-5-3-6-11-21-17-8-4-7-12-22-17/h17H,2-16H2,1H3. The highest BCUT2D eigenvalue weighted by Gasteiger charge is 2.13. The highest BCUT2D eigenvalue weighted by molar-refractivity contribution is 4.54. The lowest BCUT2D eigenvalue weighted by atomic mass is 10.2. The molecule has 0 amide bonds. The van der Waals surface area contributed by atoms with Crippen molar-refractivity contribution in [3.8, 4) is 0 Å². The van der Waals surface area contributed by atoms with Gasteiger partial charge in [0.25, 0.3) is 0 Å². The second-order valence-electron chi connectivity index (χ2n) is 5.56. The van der Waals surface area contributed by atoms with Gasteiger partial charge in [-0.3, -0.25) is 0 Å². The third-order valence-corrected chi connectivity index (χ3v) is 3.47. The van der Waals surface area contributed by atoms with Gasteiger partial charge in [-0.05, 0) is 44.9 Å². The molecule has 0 bridgehead atoms. The van der Waals surface area contributed by atoms with Crippen molar-refractivity contribution < 1.29 is 23.7 Å².